The lowest BCUT2D eigenvalue weighted by Crippen LogP contribution is -1.98. The number of ketones is 1. The molecule has 3 nitrogen and oxygen atoms in total. The number of fused-ring (bicyclic) bond motifs is 3. The van der Waals surface area contributed by atoms with Crippen LogP contribution in [0, 0.1) is 5.82 Å². The van der Waals surface area contributed by atoms with E-state index < -0.39 is 11.6 Å². The number of benzene rings is 3. The molecule has 0 radical (unpaired) electrons. The zero-order valence-electron chi connectivity index (χ0n) is 11.9. The quantitative estimate of drug-likeness (QED) is 0.682. The minimum Gasteiger partial charge on any atom is -0.505 e. The summed E-state index contributed by atoms with van der Waals surface area (Å²) >= 11 is 0. The molecule has 0 aliphatic carbocycles. The second kappa shape index (κ2) is 4.95. The number of hydrogen-bond acceptors (Lipinski definition) is 3. The molecule has 0 saturated heterocycles. The second-order valence-corrected chi connectivity index (χ2v) is 5.31. The van der Waals surface area contributed by atoms with Gasteiger partial charge in [-0.05, 0) is 40.6 Å². The summed E-state index contributed by atoms with van der Waals surface area (Å²) in [5.41, 5.74) is 0.967. The van der Waals surface area contributed by atoms with Gasteiger partial charge < -0.3 is 9.84 Å². The maximum Gasteiger partial charge on any atom is 0.232 e. The molecular formula is C19H11FO3. The fourth-order valence-electron chi connectivity index (χ4n) is 2.72. The third-order valence-electron chi connectivity index (χ3n) is 3.83. The third kappa shape index (κ3) is 2.16. The van der Waals surface area contributed by atoms with Crippen LogP contribution in [0.25, 0.3) is 16.8 Å². The van der Waals surface area contributed by atoms with E-state index in [1.807, 2.05) is 30.3 Å². The number of carbonyl (C=O) groups is 1. The fourth-order valence-corrected chi connectivity index (χ4v) is 2.72. The monoisotopic (exact) mass is 306 g/mol. The van der Waals surface area contributed by atoms with Gasteiger partial charge in [-0.15, -0.1) is 0 Å². The van der Waals surface area contributed by atoms with Gasteiger partial charge in [-0.3, -0.25) is 4.79 Å². The van der Waals surface area contributed by atoms with Crippen LogP contribution < -0.4 is 4.74 Å². The van der Waals surface area contributed by atoms with E-state index in [1.54, 1.807) is 6.07 Å². The maximum absolute atomic E-state index is 13.4. The van der Waals surface area contributed by atoms with Gasteiger partial charge in [0.2, 0.25) is 5.78 Å². The molecule has 4 heteroatoms. The Kier molecular flexibility index (Phi) is 2.91. The first-order chi connectivity index (χ1) is 11.1. The van der Waals surface area contributed by atoms with Crippen LogP contribution in [0.5, 0.6) is 11.5 Å². The number of hydrogen-bond donors (Lipinski definition) is 1. The molecule has 3 aromatic rings. The van der Waals surface area contributed by atoms with Crippen molar-refractivity contribution >= 4 is 22.6 Å². The van der Waals surface area contributed by atoms with Crippen LogP contribution in [0.3, 0.4) is 0 Å². The van der Waals surface area contributed by atoms with Crippen LogP contribution in [0.2, 0.25) is 0 Å². The number of allylic oxidation sites excluding steroid dienone is 1. The highest BCUT2D eigenvalue weighted by atomic mass is 19.1. The van der Waals surface area contributed by atoms with E-state index in [-0.39, 0.29) is 11.5 Å². The van der Waals surface area contributed by atoms with Crippen LogP contribution in [-0.4, -0.2) is 10.9 Å². The average Bonchev–Trinajstić information content (AvgIpc) is 2.87. The van der Waals surface area contributed by atoms with Crippen LogP contribution in [0.4, 0.5) is 4.39 Å². The molecule has 23 heavy (non-hydrogen) atoms. The summed E-state index contributed by atoms with van der Waals surface area (Å²) in [7, 11) is 0. The maximum atomic E-state index is 13.4. The van der Waals surface area contributed by atoms with Gasteiger partial charge in [0.25, 0.3) is 0 Å². The third-order valence-corrected chi connectivity index (χ3v) is 3.83. The van der Waals surface area contributed by atoms with Crippen molar-refractivity contribution in [3.63, 3.8) is 0 Å². The number of Topliss-reactive ketones (excluding diaryl/α,β-unsaturated/α-hetero) is 1. The number of carbonyl (C=O) groups excluding carboxylic acids is 1. The Balaban J connectivity index is 1.81. The Morgan fingerprint density at radius 2 is 1.87 bits per heavy atom. The Morgan fingerprint density at radius 1 is 1.04 bits per heavy atom. The summed E-state index contributed by atoms with van der Waals surface area (Å²) in [6, 6.07) is 15.1. The van der Waals surface area contributed by atoms with Gasteiger partial charge in [0, 0.05) is 0 Å². The summed E-state index contributed by atoms with van der Waals surface area (Å²) in [5.74, 6) is -0.765. The van der Waals surface area contributed by atoms with E-state index in [2.05, 4.69) is 0 Å². The lowest BCUT2D eigenvalue weighted by Gasteiger charge is -2.01. The van der Waals surface area contributed by atoms with Crippen molar-refractivity contribution in [2.75, 3.05) is 0 Å². The molecule has 0 fully saturated rings. The lowest BCUT2D eigenvalue weighted by atomic mass is 10.0. The average molecular weight is 306 g/mol. The molecule has 1 aliphatic rings. The standard InChI is InChI=1S/C19H11FO3/c20-14-9-11(5-7-15(14)21)10-17-19(22)18-13-4-2-1-3-12(13)6-8-16(18)23-17/h1-10,21H. The minimum atomic E-state index is -0.743. The number of halogens is 1. The van der Waals surface area contributed by atoms with Gasteiger partial charge >= 0.3 is 0 Å². The highest BCUT2D eigenvalue weighted by Gasteiger charge is 2.29. The van der Waals surface area contributed by atoms with Gasteiger partial charge in [0.05, 0.1) is 5.56 Å². The van der Waals surface area contributed by atoms with E-state index in [0.717, 1.165) is 16.8 Å². The SMILES string of the molecule is O=C1C(=Cc2ccc(O)c(F)c2)Oc2ccc3ccccc3c21. The van der Waals surface area contributed by atoms with Crippen LogP contribution in [0.15, 0.2) is 60.4 Å². The van der Waals surface area contributed by atoms with E-state index in [0.29, 0.717) is 16.9 Å². The summed E-state index contributed by atoms with van der Waals surface area (Å²) < 4.78 is 19.0. The summed E-state index contributed by atoms with van der Waals surface area (Å²) in [6.07, 6.45) is 1.47. The number of phenols is 1. The largest absolute Gasteiger partial charge is 0.505 e. The van der Waals surface area contributed by atoms with Gasteiger partial charge in [0.1, 0.15) is 5.75 Å². The second-order valence-electron chi connectivity index (χ2n) is 5.31. The van der Waals surface area contributed by atoms with Crippen LogP contribution >= 0.6 is 0 Å². The number of ether oxygens (including phenoxy) is 1. The fraction of sp³-hybridized carbons (Fsp3) is 0. The minimum absolute atomic E-state index is 0.140. The van der Waals surface area contributed by atoms with Gasteiger partial charge in [-0.1, -0.05) is 36.4 Å². The van der Waals surface area contributed by atoms with Crippen molar-refractivity contribution in [2.45, 2.75) is 0 Å². The Bertz CT molecular complexity index is 989. The molecule has 0 spiro atoms. The van der Waals surface area contributed by atoms with Crippen molar-refractivity contribution in [3.05, 3.63) is 77.3 Å². The lowest BCUT2D eigenvalue weighted by molar-refractivity contribution is 0.101. The first-order valence-corrected chi connectivity index (χ1v) is 7.08. The topological polar surface area (TPSA) is 46.5 Å². The zero-order chi connectivity index (χ0) is 16.0. The first kappa shape index (κ1) is 13.5. The molecule has 0 atom stereocenters. The molecule has 1 N–H and O–H groups in total. The van der Waals surface area contributed by atoms with Crippen molar-refractivity contribution in [1.82, 2.24) is 0 Å². The molecule has 3 aromatic carbocycles. The van der Waals surface area contributed by atoms with E-state index in [9.17, 15) is 14.3 Å². The van der Waals surface area contributed by atoms with Gasteiger partial charge in [-0.25, -0.2) is 4.39 Å². The van der Waals surface area contributed by atoms with Crippen molar-refractivity contribution in [3.8, 4) is 11.5 Å². The van der Waals surface area contributed by atoms with Gasteiger partial charge in [-0.2, -0.15) is 0 Å². The smallest absolute Gasteiger partial charge is 0.232 e. The predicted molar refractivity (Wildman–Crippen MR) is 84.9 cm³/mol. The molecule has 0 bridgehead atoms. The molecule has 1 aliphatic heterocycles. The Labute approximate surface area is 131 Å². The van der Waals surface area contributed by atoms with E-state index >= 15 is 0 Å². The Hall–Kier alpha value is -3.14. The first-order valence-electron chi connectivity index (χ1n) is 7.08. The molecule has 0 saturated carbocycles. The number of phenolic OH excluding ortho intramolecular Hbond substituents is 1. The normalized spacial score (nSPS) is 15.0. The molecule has 1 heterocycles. The number of rotatable bonds is 1. The van der Waals surface area contributed by atoms with Crippen LogP contribution in [0.1, 0.15) is 15.9 Å². The molecular weight excluding hydrogens is 295 g/mol. The highest BCUT2D eigenvalue weighted by molar-refractivity contribution is 6.21. The Morgan fingerprint density at radius 3 is 2.70 bits per heavy atom. The molecule has 0 amide bonds. The predicted octanol–water partition coefficient (Wildman–Crippen LogP) is 4.30. The summed E-state index contributed by atoms with van der Waals surface area (Å²) in [5, 5.41) is 11.0. The molecule has 4 rings (SSSR count). The van der Waals surface area contributed by atoms with Crippen molar-refractivity contribution < 1.29 is 19.0 Å². The summed E-state index contributed by atoms with van der Waals surface area (Å²) in [4.78, 5) is 12.6. The van der Waals surface area contributed by atoms with Crippen molar-refractivity contribution in [2.24, 2.45) is 0 Å². The molecule has 112 valence electrons. The van der Waals surface area contributed by atoms with E-state index in [1.165, 1.54) is 18.2 Å². The van der Waals surface area contributed by atoms with E-state index in [4.69, 9.17) is 4.74 Å². The van der Waals surface area contributed by atoms with Gasteiger partial charge in [0.15, 0.2) is 17.3 Å². The molecule has 0 aromatic heterocycles. The van der Waals surface area contributed by atoms with Crippen molar-refractivity contribution in [1.29, 1.82) is 0 Å². The summed E-state index contributed by atoms with van der Waals surface area (Å²) in [6.45, 7) is 0. The van der Waals surface area contributed by atoms with Crippen LogP contribution in [-0.2, 0) is 0 Å². The molecule has 0 unspecified atom stereocenters. The highest BCUT2D eigenvalue weighted by Crippen LogP contribution is 2.37. The number of aromatic hydroxyl groups is 1. The zero-order valence-corrected chi connectivity index (χ0v) is 11.9.